The van der Waals surface area contributed by atoms with E-state index < -0.39 is 26.0 Å². The van der Waals surface area contributed by atoms with Gasteiger partial charge in [-0.3, -0.25) is 4.79 Å². The second-order valence-corrected chi connectivity index (χ2v) is 14.2. The first-order valence-corrected chi connectivity index (χ1v) is 16.2. The molecule has 4 rings (SSSR count). The third-order valence-corrected chi connectivity index (χ3v) is 11.4. The van der Waals surface area contributed by atoms with Gasteiger partial charge in [-0.15, -0.1) is 0 Å². The van der Waals surface area contributed by atoms with Gasteiger partial charge >= 0.3 is 0 Å². The average molecular weight is 605 g/mol. The summed E-state index contributed by atoms with van der Waals surface area (Å²) in [5, 5.41) is 3.46. The topological polar surface area (TPSA) is 113 Å². The van der Waals surface area contributed by atoms with E-state index in [0.717, 1.165) is 19.3 Å². The van der Waals surface area contributed by atoms with Crippen LogP contribution in [0.25, 0.3) is 0 Å². The molecule has 2 aromatic rings. The third kappa shape index (κ3) is 6.63. The van der Waals surface area contributed by atoms with Crippen molar-refractivity contribution < 1.29 is 26.4 Å². The quantitative estimate of drug-likeness (QED) is 0.480. The van der Waals surface area contributed by atoms with Crippen LogP contribution in [0.4, 0.5) is 5.69 Å². The van der Waals surface area contributed by atoms with Crippen LogP contribution in [0.5, 0.6) is 5.75 Å². The molecule has 0 bridgehead atoms. The molecule has 2 aliphatic heterocycles. The highest BCUT2D eigenvalue weighted by atomic mass is 35.5. The van der Waals surface area contributed by atoms with Gasteiger partial charge < -0.3 is 10.1 Å². The number of hydrogen-bond acceptors (Lipinski definition) is 6. The van der Waals surface area contributed by atoms with Crippen molar-refractivity contribution in [3.8, 4) is 5.75 Å². The van der Waals surface area contributed by atoms with Gasteiger partial charge in [0.1, 0.15) is 10.6 Å². The molecule has 2 heterocycles. The number of methoxy groups -OCH3 is 1. The molecule has 2 fully saturated rings. The fourth-order valence-electron chi connectivity index (χ4n) is 4.77. The molecule has 2 aromatic carbocycles. The number of halogens is 2. The Hall–Kier alpha value is -1.89. The summed E-state index contributed by atoms with van der Waals surface area (Å²) >= 11 is 11.9. The van der Waals surface area contributed by atoms with E-state index in [4.69, 9.17) is 27.9 Å². The van der Waals surface area contributed by atoms with Crippen molar-refractivity contribution in [2.45, 2.75) is 42.8 Å². The fourth-order valence-corrected chi connectivity index (χ4v) is 8.34. The number of rotatable bonds is 8. The van der Waals surface area contributed by atoms with Crippen molar-refractivity contribution in [2.24, 2.45) is 5.92 Å². The summed E-state index contributed by atoms with van der Waals surface area (Å²) in [7, 11) is -5.97. The molecule has 38 heavy (non-hydrogen) atoms. The maximum atomic E-state index is 13.3. The average Bonchev–Trinajstić information content (AvgIpc) is 2.91. The van der Waals surface area contributed by atoms with Crippen LogP contribution in [0.15, 0.2) is 41.3 Å². The molecule has 0 aliphatic carbocycles. The maximum Gasteiger partial charge on any atom is 0.246 e. The molecular formula is C25H31Cl2N3O6S2. The van der Waals surface area contributed by atoms with Gasteiger partial charge in [0.25, 0.3) is 0 Å². The second-order valence-electron chi connectivity index (χ2n) is 9.50. The molecule has 2 saturated heterocycles. The van der Waals surface area contributed by atoms with Crippen molar-refractivity contribution in [3.05, 3.63) is 52.0 Å². The number of nitrogens with zero attached hydrogens (tertiary/aromatic N) is 2. The maximum absolute atomic E-state index is 13.3. The van der Waals surface area contributed by atoms with Crippen LogP contribution >= 0.6 is 23.2 Å². The van der Waals surface area contributed by atoms with E-state index in [1.54, 1.807) is 18.2 Å². The molecular weight excluding hydrogens is 573 g/mol. The van der Waals surface area contributed by atoms with Crippen LogP contribution in [0, 0.1) is 5.92 Å². The Bertz CT molecular complexity index is 1390. The molecule has 1 N–H and O–H groups in total. The number of piperidine rings is 2. The van der Waals surface area contributed by atoms with E-state index in [2.05, 4.69) is 5.32 Å². The minimum atomic E-state index is -3.77. The zero-order valence-corrected chi connectivity index (χ0v) is 24.2. The van der Waals surface area contributed by atoms with Gasteiger partial charge in [0.05, 0.1) is 22.9 Å². The molecule has 208 valence electrons. The minimum absolute atomic E-state index is 0.0166. The molecule has 2 aliphatic rings. The van der Waals surface area contributed by atoms with Crippen LogP contribution in [0.1, 0.15) is 37.7 Å². The largest absolute Gasteiger partial charge is 0.495 e. The number of benzene rings is 2. The highest BCUT2D eigenvalue weighted by Crippen LogP contribution is 2.32. The molecule has 1 amide bonds. The Kier molecular flexibility index (Phi) is 9.26. The number of ether oxygens (including phenoxy) is 1. The summed E-state index contributed by atoms with van der Waals surface area (Å²) in [6, 6.07) is 9.29. The summed E-state index contributed by atoms with van der Waals surface area (Å²) in [4.78, 5) is 13.0. The number of hydrogen-bond donors (Lipinski definition) is 1. The van der Waals surface area contributed by atoms with E-state index in [1.807, 2.05) is 0 Å². The molecule has 0 spiro atoms. The number of carbonyl (C=O) groups excluding carboxylic acids is 1. The van der Waals surface area contributed by atoms with E-state index in [0.29, 0.717) is 47.2 Å². The predicted octanol–water partition coefficient (Wildman–Crippen LogP) is 4.36. The van der Waals surface area contributed by atoms with Crippen LogP contribution < -0.4 is 10.1 Å². The zero-order valence-electron chi connectivity index (χ0n) is 21.0. The Morgan fingerprint density at radius 1 is 0.921 bits per heavy atom. The summed E-state index contributed by atoms with van der Waals surface area (Å²) in [6.07, 6.45) is 3.30. The highest BCUT2D eigenvalue weighted by Gasteiger charge is 2.32. The van der Waals surface area contributed by atoms with Gasteiger partial charge in [-0.05, 0) is 61.6 Å². The van der Waals surface area contributed by atoms with E-state index in [-0.39, 0.29) is 35.4 Å². The first-order valence-electron chi connectivity index (χ1n) is 12.4. The van der Waals surface area contributed by atoms with E-state index >= 15 is 0 Å². The van der Waals surface area contributed by atoms with Crippen molar-refractivity contribution in [3.63, 3.8) is 0 Å². The molecule has 0 atom stereocenters. The first-order chi connectivity index (χ1) is 18.0. The number of amides is 1. The van der Waals surface area contributed by atoms with Gasteiger partial charge in [0.2, 0.25) is 26.0 Å². The summed E-state index contributed by atoms with van der Waals surface area (Å²) in [6.45, 7) is 1.32. The van der Waals surface area contributed by atoms with Gasteiger partial charge in [0, 0.05) is 37.8 Å². The molecule has 0 radical (unpaired) electrons. The van der Waals surface area contributed by atoms with Crippen molar-refractivity contribution in [1.29, 1.82) is 0 Å². The molecule has 13 heteroatoms. The summed E-state index contributed by atoms with van der Waals surface area (Å²) in [5.41, 5.74) is 0.884. The molecule has 0 saturated carbocycles. The van der Waals surface area contributed by atoms with Crippen LogP contribution in [0.3, 0.4) is 0 Å². The Morgan fingerprint density at radius 3 is 2.24 bits per heavy atom. The number of nitrogens with one attached hydrogen (secondary N) is 1. The normalized spacial score (nSPS) is 18.3. The number of sulfonamides is 2. The molecule has 9 nitrogen and oxygen atoms in total. The molecule has 0 aromatic heterocycles. The van der Waals surface area contributed by atoms with Crippen LogP contribution in [-0.2, 0) is 30.6 Å². The Balaban J connectivity index is 1.40. The smallest absolute Gasteiger partial charge is 0.246 e. The lowest BCUT2D eigenvalue weighted by Crippen LogP contribution is -2.41. The zero-order chi connectivity index (χ0) is 27.5. The van der Waals surface area contributed by atoms with Crippen molar-refractivity contribution in [2.75, 3.05) is 38.6 Å². The van der Waals surface area contributed by atoms with Crippen molar-refractivity contribution >= 4 is 54.8 Å². The van der Waals surface area contributed by atoms with E-state index in [9.17, 15) is 21.6 Å². The van der Waals surface area contributed by atoms with Gasteiger partial charge in [-0.2, -0.15) is 4.31 Å². The number of anilines is 1. The van der Waals surface area contributed by atoms with Crippen LogP contribution in [0.2, 0.25) is 10.0 Å². The minimum Gasteiger partial charge on any atom is -0.495 e. The Labute approximate surface area is 234 Å². The molecule has 0 unspecified atom stereocenters. The third-order valence-electron chi connectivity index (χ3n) is 6.92. The van der Waals surface area contributed by atoms with Gasteiger partial charge in [-0.1, -0.05) is 35.7 Å². The second kappa shape index (κ2) is 12.1. The SMILES string of the molecule is COc1ccc(NC(=O)C2CCN(S(=O)(=O)Cc3ccc(Cl)c(Cl)c3)CC2)cc1S(=O)(=O)N1CCCCC1. The first kappa shape index (κ1) is 29.1. The lowest BCUT2D eigenvalue weighted by molar-refractivity contribution is -0.120. The predicted molar refractivity (Wildman–Crippen MR) is 148 cm³/mol. The summed E-state index contributed by atoms with van der Waals surface area (Å²) < 4.78 is 60.5. The lowest BCUT2D eigenvalue weighted by Gasteiger charge is -2.30. The van der Waals surface area contributed by atoms with Gasteiger partial charge in [-0.25, -0.2) is 21.1 Å². The highest BCUT2D eigenvalue weighted by molar-refractivity contribution is 7.89. The lowest BCUT2D eigenvalue weighted by atomic mass is 9.97. The Morgan fingerprint density at radius 2 is 1.61 bits per heavy atom. The standard InChI is InChI=1S/C25H31Cl2N3O6S2/c1-36-23-8-6-20(16-24(23)38(34,35)30-11-3-2-4-12-30)28-25(31)19-9-13-29(14-10-19)37(32,33)17-18-5-7-21(26)22(27)15-18/h5-8,15-16,19H,2-4,9-14,17H2,1H3,(H,28,31). The van der Waals surface area contributed by atoms with E-state index in [1.165, 1.54) is 33.9 Å². The van der Waals surface area contributed by atoms with Crippen molar-refractivity contribution in [1.82, 2.24) is 8.61 Å². The summed E-state index contributed by atoms with van der Waals surface area (Å²) in [5.74, 6) is -0.677. The number of carbonyl (C=O) groups is 1. The van der Waals surface area contributed by atoms with Gasteiger partial charge in [0.15, 0.2) is 0 Å². The monoisotopic (exact) mass is 603 g/mol. The van der Waals surface area contributed by atoms with Crippen LogP contribution in [-0.4, -0.2) is 64.6 Å². The fraction of sp³-hybridized carbons (Fsp3) is 0.480.